The Morgan fingerprint density at radius 1 is 1.27 bits per heavy atom. The summed E-state index contributed by atoms with van der Waals surface area (Å²) in [4.78, 5) is 12.1. The SMILES string of the molecule is NC(=O)N1CCNCC1.c1cnnnc1. The number of primary amides is 1. The molecular formula is C8H14N6O. The number of nitrogens with zero attached hydrogens (tertiary/aromatic N) is 4. The molecule has 1 fully saturated rings. The number of hydrogen-bond donors (Lipinski definition) is 2. The quantitative estimate of drug-likeness (QED) is 0.563. The van der Waals surface area contributed by atoms with Crippen LogP contribution in [0.15, 0.2) is 18.5 Å². The zero-order valence-corrected chi connectivity index (χ0v) is 8.33. The van der Waals surface area contributed by atoms with E-state index in [0.29, 0.717) is 0 Å². The van der Waals surface area contributed by atoms with Gasteiger partial charge in [-0.3, -0.25) is 0 Å². The molecule has 1 aliphatic rings. The third-order valence-corrected chi connectivity index (χ3v) is 1.84. The zero-order valence-electron chi connectivity index (χ0n) is 8.33. The number of hydrogen-bond acceptors (Lipinski definition) is 5. The average Bonchev–Trinajstić information content (AvgIpc) is 2.33. The van der Waals surface area contributed by atoms with Gasteiger partial charge in [0.25, 0.3) is 0 Å². The lowest BCUT2D eigenvalue weighted by molar-refractivity contribution is 0.200. The second-order valence-corrected chi connectivity index (χ2v) is 2.89. The van der Waals surface area contributed by atoms with Crippen molar-refractivity contribution in [3.05, 3.63) is 18.5 Å². The van der Waals surface area contributed by atoms with Gasteiger partial charge < -0.3 is 16.0 Å². The lowest BCUT2D eigenvalue weighted by Crippen LogP contribution is -2.48. The molecule has 82 valence electrons. The number of urea groups is 1. The first kappa shape index (κ1) is 11.3. The average molecular weight is 210 g/mol. The van der Waals surface area contributed by atoms with E-state index in [2.05, 4.69) is 20.7 Å². The largest absolute Gasteiger partial charge is 0.351 e. The first-order valence-electron chi connectivity index (χ1n) is 4.64. The Bertz CT molecular complexity index is 247. The van der Waals surface area contributed by atoms with E-state index in [-0.39, 0.29) is 6.03 Å². The molecule has 0 atom stereocenters. The Balaban J connectivity index is 0.000000162. The predicted molar refractivity (Wildman–Crippen MR) is 53.9 cm³/mol. The molecule has 1 aliphatic heterocycles. The van der Waals surface area contributed by atoms with Gasteiger partial charge in [0.2, 0.25) is 0 Å². The summed E-state index contributed by atoms with van der Waals surface area (Å²) in [6.45, 7) is 3.22. The van der Waals surface area contributed by atoms with E-state index in [9.17, 15) is 4.79 Å². The molecule has 3 N–H and O–H groups in total. The monoisotopic (exact) mass is 210 g/mol. The van der Waals surface area contributed by atoms with Crippen molar-refractivity contribution >= 4 is 6.03 Å². The molecule has 1 saturated heterocycles. The summed E-state index contributed by atoms with van der Waals surface area (Å²) in [5, 5.41) is 13.3. The smallest absolute Gasteiger partial charge is 0.314 e. The van der Waals surface area contributed by atoms with Crippen molar-refractivity contribution in [1.29, 1.82) is 0 Å². The molecule has 0 saturated carbocycles. The number of carbonyl (C=O) groups excluding carboxylic acids is 1. The summed E-state index contributed by atoms with van der Waals surface area (Å²) in [6.07, 6.45) is 3.15. The maximum absolute atomic E-state index is 10.5. The van der Waals surface area contributed by atoms with Crippen LogP contribution in [0, 0.1) is 0 Å². The number of nitrogens with two attached hydrogens (primary N) is 1. The topological polar surface area (TPSA) is 97.0 Å². The first-order chi connectivity index (χ1) is 7.30. The van der Waals surface area contributed by atoms with Gasteiger partial charge in [0.1, 0.15) is 0 Å². The molecule has 0 unspecified atom stereocenters. The predicted octanol–water partition coefficient (Wildman–Crippen LogP) is -1.16. The fourth-order valence-corrected chi connectivity index (χ4v) is 1.09. The van der Waals surface area contributed by atoms with E-state index in [1.54, 1.807) is 23.4 Å². The summed E-state index contributed by atoms with van der Waals surface area (Å²) >= 11 is 0. The van der Waals surface area contributed by atoms with E-state index in [1.807, 2.05) is 0 Å². The van der Waals surface area contributed by atoms with Crippen LogP contribution in [0.1, 0.15) is 0 Å². The zero-order chi connectivity index (χ0) is 10.9. The summed E-state index contributed by atoms with van der Waals surface area (Å²) in [5.74, 6) is 0. The molecule has 2 heterocycles. The maximum Gasteiger partial charge on any atom is 0.314 e. The van der Waals surface area contributed by atoms with Crippen LogP contribution in [-0.4, -0.2) is 52.5 Å². The molecule has 0 bridgehead atoms. The van der Waals surface area contributed by atoms with Gasteiger partial charge in [-0.2, -0.15) is 0 Å². The highest BCUT2D eigenvalue weighted by molar-refractivity contribution is 5.72. The van der Waals surface area contributed by atoms with Crippen LogP contribution in [0.2, 0.25) is 0 Å². The van der Waals surface area contributed by atoms with Crippen LogP contribution in [0.3, 0.4) is 0 Å². The Morgan fingerprint density at radius 3 is 2.13 bits per heavy atom. The number of carbonyl (C=O) groups is 1. The van der Waals surface area contributed by atoms with Crippen molar-refractivity contribution < 1.29 is 4.79 Å². The van der Waals surface area contributed by atoms with Gasteiger partial charge in [-0.05, 0) is 11.3 Å². The number of amides is 2. The van der Waals surface area contributed by atoms with Crippen molar-refractivity contribution in [2.24, 2.45) is 5.73 Å². The van der Waals surface area contributed by atoms with Gasteiger partial charge in [0.15, 0.2) is 0 Å². The Morgan fingerprint density at radius 2 is 1.87 bits per heavy atom. The van der Waals surface area contributed by atoms with Gasteiger partial charge in [-0.25, -0.2) is 4.79 Å². The minimum absolute atomic E-state index is 0.309. The van der Waals surface area contributed by atoms with Gasteiger partial charge in [-0.1, -0.05) is 0 Å². The van der Waals surface area contributed by atoms with Crippen molar-refractivity contribution in [2.45, 2.75) is 0 Å². The van der Waals surface area contributed by atoms with Crippen LogP contribution >= 0.6 is 0 Å². The fourth-order valence-electron chi connectivity index (χ4n) is 1.09. The van der Waals surface area contributed by atoms with E-state index in [4.69, 9.17) is 5.73 Å². The normalized spacial score (nSPS) is 15.1. The lowest BCUT2D eigenvalue weighted by atomic mass is 10.4. The third-order valence-electron chi connectivity index (χ3n) is 1.84. The maximum atomic E-state index is 10.5. The highest BCUT2D eigenvalue weighted by atomic mass is 16.2. The number of nitrogens with one attached hydrogen (secondary N) is 1. The molecule has 1 aromatic rings. The molecule has 0 spiro atoms. The van der Waals surface area contributed by atoms with Gasteiger partial charge in [0.05, 0.1) is 12.4 Å². The summed E-state index contributed by atoms with van der Waals surface area (Å²) in [7, 11) is 0. The molecule has 0 radical (unpaired) electrons. The number of piperazine rings is 1. The minimum Gasteiger partial charge on any atom is -0.351 e. The van der Waals surface area contributed by atoms with Crippen molar-refractivity contribution in [3.8, 4) is 0 Å². The molecule has 0 aromatic carbocycles. The Kier molecular flexibility index (Phi) is 5.02. The number of rotatable bonds is 0. The molecule has 2 amide bonds. The van der Waals surface area contributed by atoms with Crippen LogP contribution in [-0.2, 0) is 0 Å². The molecule has 7 heteroatoms. The van der Waals surface area contributed by atoms with E-state index in [1.165, 1.54) is 0 Å². The van der Waals surface area contributed by atoms with Crippen molar-refractivity contribution in [3.63, 3.8) is 0 Å². The van der Waals surface area contributed by atoms with Crippen LogP contribution in [0.4, 0.5) is 4.79 Å². The molecule has 2 rings (SSSR count). The minimum atomic E-state index is -0.309. The van der Waals surface area contributed by atoms with Crippen LogP contribution in [0.5, 0.6) is 0 Å². The molecule has 15 heavy (non-hydrogen) atoms. The van der Waals surface area contributed by atoms with Crippen LogP contribution < -0.4 is 11.1 Å². The standard InChI is InChI=1S/C5H11N3O.C3H3N3/c6-5(9)8-3-1-7-2-4-8;1-2-4-6-5-3-1/h7H,1-4H2,(H2,6,9);1-3H. The van der Waals surface area contributed by atoms with Gasteiger partial charge in [-0.15, -0.1) is 10.2 Å². The van der Waals surface area contributed by atoms with Crippen molar-refractivity contribution in [2.75, 3.05) is 26.2 Å². The van der Waals surface area contributed by atoms with E-state index in [0.717, 1.165) is 26.2 Å². The number of aromatic nitrogens is 3. The second-order valence-electron chi connectivity index (χ2n) is 2.89. The van der Waals surface area contributed by atoms with Crippen LogP contribution in [0.25, 0.3) is 0 Å². The Hall–Kier alpha value is -1.76. The van der Waals surface area contributed by atoms with Gasteiger partial charge in [0, 0.05) is 26.2 Å². The second kappa shape index (κ2) is 6.66. The van der Waals surface area contributed by atoms with E-state index >= 15 is 0 Å². The summed E-state index contributed by atoms with van der Waals surface area (Å²) in [5.41, 5.74) is 5.03. The molecule has 0 aliphatic carbocycles. The van der Waals surface area contributed by atoms with Gasteiger partial charge >= 0.3 is 6.03 Å². The third kappa shape index (κ3) is 4.87. The highest BCUT2D eigenvalue weighted by Crippen LogP contribution is 1.89. The fraction of sp³-hybridized carbons (Fsp3) is 0.500. The summed E-state index contributed by atoms with van der Waals surface area (Å²) in [6, 6.07) is 1.41. The highest BCUT2D eigenvalue weighted by Gasteiger charge is 2.11. The molecule has 7 nitrogen and oxygen atoms in total. The molecular weight excluding hydrogens is 196 g/mol. The molecule has 1 aromatic heterocycles. The Labute approximate surface area is 87.7 Å². The van der Waals surface area contributed by atoms with E-state index < -0.39 is 0 Å². The first-order valence-corrected chi connectivity index (χ1v) is 4.64. The lowest BCUT2D eigenvalue weighted by Gasteiger charge is -2.25. The van der Waals surface area contributed by atoms with Crippen molar-refractivity contribution in [1.82, 2.24) is 25.6 Å². The summed E-state index contributed by atoms with van der Waals surface area (Å²) < 4.78 is 0.